The fourth-order valence-electron chi connectivity index (χ4n) is 3.02. The van der Waals surface area contributed by atoms with Crippen molar-refractivity contribution in [3.63, 3.8) is 0 Å². The zero-order chi connectivity index (χ0) is 16.9. The Morgan fingerprint density at radius 2 is 1.96 bits per heavy atom. The first-order chi connectivity index (χ1) is 11.6. The quantitative estimate of drug-likeness (QED) is 0.911. The molecule has 0 bridgehead atoms. The van der Waals surface area contributed by atoms with Crippen LogP contribution in [0.15, 0.2) is 28.7 Å². The molecule has 1 heterocycles. The molecule has 1 aliphatic rings. The molecule has 0 aliphatic heterocycles. The number of halogens is 1. The number of rotatable bonds is 5. The predicted octanol–water partition coefficient (Wildman–Crippen LogP) is 3.08. The van der Waals surface area contributed by atoms with E-state index in [9.17, 15) is 9.18 Å². The van der Waals surface area contributed by atoms with Gasteiger partial charge in [0.1, 0.15) is 5.82 Å². The van der Waals surface area contributed by atoms with E-state index in [-0.39, 0.29) is 23.6 Å². The van der Waals surface area contributed by atoms with E-state index in [0.717, 1.165) is 12.8 Å². The first-order valence-corrected chi connectivity index (χ1v) is 8.21. The van der Waals surface area contributed by atoms with Crippen LogP contribution in [0.5, 0.6) is 0 Å². The summed E-state index contributed by atoms with van der Waals surface area (Å²) >= 11 is 0. The number of nitrogens with zero attached hydrogens (tertiary/aromatic N) is 3. The standard InChI is InChI=1S/C17H21FN4O2/c1-22(14-5-3-2-4-6-14)11-15(23)19-17-21-20-16(24-17)12-7-9-13(18)10-8-12/h7-10,14H,2-6,11H2,1H3,(H,19,21,23). The van der Waals surface area contributed by atoms with Crippen molar-refractivity contribution in [1.82, 2.24) is 15.1 Å². The SMILES string of the molecule is CN(CC(=O)Nc1nnc(-c2ccc(F)cc2)o1)C1CCCCC1. The van der Waals surface area contributed by atoms with E-state index in [1.54, 1.807) is 12.1 Å². The van der Waals surface area contributed by atoms with Gasteiger partial charge in [-0.25, -0.2) is 4.39 Å². The predicted molar refractivity (Wildman–Crippen MR) is 87.8 cm³/mol. The molecular formula is C17H21FN4O2. The van der Waals surface area contributed by atoms with Crippen LogP contribution in [0.2, 0.25) is 0 Å². The van der Waals surface area contributed by atoms with Crippen molar-refractivity contribution in [2.45, 2.75) is 38.1 Å². The van der Waals surface area contributed by atoms with Crippen LogP contribution in [0.25, 0.3) is 11.5 Å². The minimum atomic E-state index is -0.336. The maximum Gasteiger partial charge on any atom is 0.322 e. The van der Waals surface area contributed by atoms with E-state index >= 15 is 0 Å². The van der Waals surface area contributed by atoms with Gasteiger partial charge >= 0.3 is 6.01 Å². The Labute approximate surface area is 140 Å². The second kappa shape index (κ2) is 7.53. The highest BCUT2D eigenvalue weighted by Gasteiger charge is 2.20. The van der Waals surface area contributed by atoms with Crippen LogP contribution in [0.3, 0.4) is 0 Å². The molecule has 0 unspecified atom stereocenters. The van der Waals surface area contributed by atoms with Crippen molar-refractivity contribution in [2.24, 2.45) is 0 Å². The van der Waals surface area contributed by atoms with Gasteiger partial charge in [-0.2, -0.15) is 0 Å². The third kappa shape index (κ3) is 4.17. The number of carbonyl (C=O) groups excluding carboxylic acids is 1. The van der Waals surface area contributed by atoms with Gasteiger partial charge < -0.3 is 4.42 Å². The van der Waals surface area contributed by atoms with Crippen LogP contribution in [-0.2, 0) is 4.79 Å². The zero-order valence-corrected chi connectivity index (χ0v) is 13.7. The van der Waals surface area contributed by atoms with E-state index in [2.05, 4.69) is 20.4 Å². The molecule has 1 saturated carbocycles. The summed E-state index contributed by atoms with van der Waals surface area (Å²) in [6, 6.07) is 6.24. The van der Waals surface area contributed by atoms with Crippen LogP contribution in [-0.4, -0.2) is 40.6 Å². The molecule has 24 heavy (non-hydrogen) atoms. The molecule has 1 aromatic carbocycles. The Kier molecular flexibility index (Phi) is 5.20. The molecule has 1 aromatic heterocycles. The third-order valence-electron chi connectivity index (χ3n) is 4.35. The molecule has 1 N–H and O–H groups in total. The van der Waals surface area contributed by atoms with E-state index in [1.165, 1.54) is 31.4 Å². The minimum Gasteiger partial charge on any atom is -0.403 e. The van der Waals surface area contributed by atoms with Crippen molar-refractivity contribution < 1.29 is 13.6 Å². The second-order valence-electron chi connectivity index (χ2n) is 6.17. The average Bonchev–Trinajstić information content (AvgIpc) is 3.04. The van der Waals surface area contributed by atoms with Crippen LogP contribution < -0.4 is 5.32 Å². The number of nitrogens with one attached hydrogen (secondary N) is 1. The lowest BCUT2D eigenvalue weighted by Crippen LogP contribution is -2.39. The van der Waals surface area contributed by atoms with Crippen LogP contribution >= 0.6 is 0 Å². The molecule has 1 aliphatic carbocycles. The van der Waals surface area contributed by atoms with Crippen LogP contribution in [0, 0.1) is 5.82 Å². The van der Waals surface area contributed by atoms with E-state index in [1.807, 2.05) is 7.05 Å². The molecule has 3 rings (SSSR count). The van der Waals surface area contributed by atoms with Crippen molar-refractivity contribution >= 4 is 11.9 Å². The molecular weight excluding hydrogens is 311 g/mol. The van der Waals surface area contributed by atoms with Gasteiger partial charge in [-0.15, -0.1) is 5.10 Å². The Hall–Kier alpha value is -2.28. The first kappa shape index (κ1) is 16.6. The molecule has 6 nitrogen and oxygen atoms in total. The van der Waals surface area contributed by atoms with Crippen molar-refractivity contribution in [2.75, 3.05) is 18.9 Å². The molecule has 1 amide bonds. The first-order valence-electron chi connectivity index (χ1n) is 8.21. The molecule has 0 atom stereocenters. The molecule has 0 radical (unpaired) electrons. The van der Waals surface area contributed by atoms with Crippen molar-refractivity contribution in [3.05, 3.63) is 30.1 Å². The van der Waals surface area contributed by atoms with Gasteiger partial charge in [0.2, 0.25) is 11.8 Å². The van der Waals surface area contributed by atoms with Gasteiger partial charge in [0.25, 0.3) is 0 Å². The lowest BCUT2D eigenvalue weighted by Gasteiger charge is -2.30. The van der Waals surface area contributed by atoms with Crippen molar-refractivity contribution in [3.8, 4) is 11.5 Å². The monoisotopic (exact) mass is 332 g/mol. The summed E-state index contributed by atoms with van der Waals surface area (Å²) in [6.07, 6.45) is 6.01. The second-order valence-corrected chi connectivity index (χ2v) is 6.17. The van der Waals surface area contributed by atoms with Crippen LogP contribution in [0.1, 0.15) is 32.1 Å². The number of likely N-dealkylation sites (N-methyl/N-ethyl adjacent to an activating group) is 1. The lowest BCUT2D eigenvalue weighted by atomic mass is 9.94. The fourth-order valence-corrected chi connectivity index (χ4v) is 3.02. The molecule has 0 spiro atoms. The Balaban J connectivity index is 1.56. The number of amides is 1. The Bertz CT molecular complexity index is 680. The van der Waals surface area contributed by atoms with Crippen molar-refractivity contribution in [1.29, 1.82) is 0 Å². The molecule has 1 fully saturated rings. The van der Waals surface area contributed by atoms with Gasteiger partial charge in [0.15, 0.2) is 0 Å². The maximum absolute atomic E-state index is 12.9. The number of hydrogen-bond donors (Lipinski definition) is 1. The fraction of sp³-hybridized carbons (Fsp3) is 0.471. The summed E-state index contributed by atoms with van der Waals surface area (Å²) in [4.78, 5) is 14.2. The third-order valence-corrected chi connectivity index (χ3v) is 4.35. The largest absolute Gasteiger partial charge is 0.403 e. The number of benzene rings is 1. The van der Waals surface area contributed by atoms with E-state index in [0.29, 0.717) is 18.2 Å². The highest BCUT2D eigenvalue weighted by Crippen LogP contribution is 2.22. The van der Waals surface area contributed by atoms with E-state index in [4.69, 9.17) is 4.42 Å². The summed E-state index contributed by atoms with van der Waals surface area (Å²) in [5.74, 6) is -0.277. The molecule has 0 saturated heterocycles. The number of hydrogen-bond acceptors (Lipinski definition) is 5. The maximum atomic E-state index is 12.9. The van der Waals surface area contributed by atoms with E-state index < -0.39 is 0 Å². The summed E-state index contributed by atoms with van der Waals surface area (Å²) in [5.41, 5.74) is 0.601. The topological polar surface area (TPSA) is 71.3 Å². The molecule has 7 heteroatoms. The van der Waals surface area contributed by atoms with Gasteiger partial charge in [0, 0.05) is 11.6 Å². The highest BCUT2D eigenvalue weighted by atomic mass is 19.1. The normalized spacial score (nSPS) is 15.6. The summed E-state index contributed by atoms with van der Waals surface area (Å²) in [5, 5.41) is 10.3. The molecule has 2 aromatic rings. The van der Waals surface area contributed by atoms with Gasteiger partial charge in [-0.3, -0.25) is 15.0 Å². The minimum absolute atomic E-state index is 0.0522. The summed E-state index contributed by atoms with van der Waals surface area (Å²) < 4.78 is 18.3. The van der Waals surface area contributed by atoms with Gasteiger partial charge in [-0.05, 0) is 44.2 Å². The number of aromatic nitrogens is 2. The number of carbonyl (C=O) groups is 1. The zero-order valence-electron chi connectivity index (χ0n) is 13.7. The summed E-state index contributed by atoms with van der Waals surface area (Å²) in [6.45, 7) is 0.291. The highest BCUT2D eigenvalue weighted by molar-refractivity contribution is 5.90. The Morgan fingerprint density at radius 1 is 1.25 bits per heavy atom. The number of anilines is 1. The van der Waals surface area contributed by atoms with Gasteiger partial charge in [-0.1, -0.05) is 24.4 Å². The lowest BCUT2D eigenvalue weighted by molar-refractivity contribution is -0.117. The average molecular weight is 332 g/mol. The molecule has 128 valence electrons. The Morgan fingerprint density at radius 3 is 2.67 bits per heavy atom. The smallest absolute Gasteiger partial charge is 0.322 e. The van der Waals surface area contributed by atoms with Gasteiger partial charge in [0.05, 0.1) is 6.54 Å². The summed E-state index contributed by atoms with van der Waals surface area (Å²) in [7, 11) is 1.97. The van der Waals surface area contributed by atoms with Crippen LogP contribution in [0.4, 0.5) is 10.4 Å².